The average Bonchev–Trinajstić information content (AvgIpc) is 2.79. The summed E-state index contributed by atoms with van der Waals surface area (Å²) in [5, 5.41) is 12.6. The molecular formula is C21H26NO9PS. The number of nitrogens with one attached hydrogen (secondary N) is 1. The molecule has 0 heterocycles. The smallest absolute Gasteiger partial charge is 0.408 e. The van der Waals surface area contributed by atoms with Gasteiger partial charge in [0.25, 0.3) is 0 Å². The molecule has 12 heteroatoms. The standard InChI is InChI=1S/C21H26NO9PS/c1-30-19(23)18(22-21(25)31-14-15-6-4-3-5-7-15)12-13-32(26,27)20(24)16-8-10-17(11-9-16)33(2,28)29/h3-11,18,20,24H,12-14H2,1-2H3,(H,22,25)(H,26,27)/t18-,20?/m1/s1. The average molecular weight is 499 g/mol. The first kappa shape index (κ1) is 26.5. The van der Waals surface area contributed by atoms with Crippen molar-refractivity contribution in [2.24, 2.45) is 0 Å². The van der Waals surface area contributed by atoms with Gasteiger partial charge in [0.05, 0.1) is 12.0 Å². The lowest BCUT2D eigenvalue weighted by Crippen LogP contribution is -2.42. The summed E-state index contributed by atoms with van der Waals surface area (Å²) in [5.41, 5.74) is 0.769. The van der Waals surface area contributed by atoms with Crippen LogP contribution in [0.15, 0.2) is 59.5 Å². The molecule has 2 aromatic rings. The molecule has 0 spiro atoms. The Balaban J connectivity index is 2.00. The summed E-state index contributed by atoms with van der Waals surface area (Å²) in [5.74, 6) is -2.66. The van der Waals surface area contributed by atoms with E-state index in [-0.39, 0.29) is 23.5 Å². The number of alkyl carbamates (subject to hydrolysis) is 1. The molecule has 0 aromatic heterocycles. The Morgan fingerprint density at radius 3 is 2.24 bits per heavy atom. The fraction of sp³-hybridized carbons (Fsp3) is 0.333. The largest absolute Gasteiger partial charge is 0.467 e. The quantitative estimate of drug-likeness (QED) is 0.329. The monoisotopic (exact) mass is 499 g/mol. The van der Waals surface area contributed by atoms with Gasteiger partial charge in [-0.1, -0.05) is 42.5 Å². The van der Waals surface area contributed by atoms with E-state index in [0.717, 1.165) is 18.9 Å². The topological polar surface area (TPSA) is 156 Å². The summed E-state index contributed by atoms with van der Waals surface area (Å²) in [4.78, 5) is 34.4. The Hall–Kier alpha value is -2.72. The predicted octanol–water partition coefficient (Wildman–Crippen LogP) is 2.21. The van der Waals surface area contributed by atoms with E-state index in [1.807, 2.05) is 0 Å². The van der Waals surface area contributed by atoms with Crippen LogP contribution in [-0.4, -0.2) is 56.0 Å². The van der Waals surface area contributed by atoms with Crippen molar-refractivity contribution in [2.45, 2.75) is 29.8 Å². The second-order valence-electron chi connectivity index (χ2n) is 7.26. The third-order valence-electron chi connectivity index (χ3n) is 4.72. The van der Waals surface area contributed by atoms with E-state index in [1.54, 1.807) is 30.3 Å². The van der Waals surface area contributed by atoms with Gasteiger partial charge in [-0.05, 0) is 29.7 Å². The minimum absolute atomic E-state index is 0.00445. The van der Waals surface area contributed by atoms with Crippen molar-refractivity contribution < 1.29 is 42.0 Å². The molecule has 3 N–H and O–H groups in total. The maximum Gasteiger partial charge on any atom is 0.408 e. The van der Waals surface area contributed by atoms with Gasteiger partial charge in [-0.2, -0.15) is 0 Å². The van der Waals surface area contributed by atoms with Crippen LogP contribution in [-0.2, 0) is 35.3 Å². The minimum atomic E-state index is -4.27. The molecule has 10 nitrogen and oxygen atoms in total. The number of rotatable bonds is 10. The number of amides is 1. The Morgan fingerprint density at radius 1 is 1.09 bits per heavy atom. The second-order valence-corrected chi connectivity index (χ2v) is 11.7. The highest BCUT2D eigenvalue weighted by Crippen LogP contribution is 2.54. The highest BCUT2D eigenvalue weighted by atomic mass is 32.2. The van der Waals surface area contributed by atoms with Gasteiger partial charge in [0.15, 0.2) is 15.7 Å². The van der Waals surface area contributed by atoms with Crippen molar-refractivity contribution in [2.75, 3.05) is 19.5 Å². The molecule has 0 saturated carbocycles. The maximum absolute atomic E-state index is 12.7. The minimum Gasteiger partial charge on any atom is -0.467 e. The summed E-state index contributed by atoms with van der Waals surface area (Å²) in [6.45, 7) is -0.0404. The lowest BCUT2D eigenvalue weighted by Gasteiger charge is -2.21. The maximum atomic E-state index is 12.7. The van der Waals surface area contributed by atoms with Gasteiger partial charge < -0.3 is 24.8 Å². The zero-order valence-corrected chi connectivity index (χ0v) is 19.8. The van der Waals surface area contributed by atoms with Crippen LogP contribution in [0.2, 0.25) is 0 Å². The number of sulfone groups is 1. The molecule has 0 aliphatic carbocycles. The van der Waals surface area contributed by atoms with Crippen LogP contribution in [0.4, 0.5) is 4.79 Å². The van der Waals surface area contributed by atoms with Gasteiger partial charge in [-0.25, -0.2) is 18.0 Å². The van der Waals surface area contributed by atoms with E-state index >= 15 is 0 Å². The molecule has 0 bridgehead atoms. The fourth-order valence-corrected chi connectivity index (χ4v) is 5.00. The summed E-state index contributed by atoms with van der Waals surface area (Å²) in [6.07, 6.45) is -0.737. The zero-order chi connectivity index (χ0) is 24.6. The first-order chi connectivity index (χ1) is 15.4. The number of carbonyl (C=O) groups is 2. The van der Waals surface area contributed by atoms with Gasteiger partial charge in [0, 0.05) is 12.4 Å². The number of methoxy groups -OCH3 is 1. The summed E-state index contributed by atoms with van der Waals surface area (Å²) in [6, 6.07) is 12.5. The predicted molar refractivity (Wildman–Crippen MR) is 119 cm³/mol. The normalized spacial score (nSPS) is 15.0. The number of aliphatic hydroxyl groups excluding tert-OH is 1. The van der Waals surface area contributed by atoms with E-state index in [1.165, 1.54) is 24.3 Å². The van der Waals surface area contributed by atoms with Crippen LogP contribution in [0.25, 0.3) is 0 Å². The number of esters is 1. The van der Waals surface area contributed by atoms with Crippen molar-refractivity contribution in [3.05, 3.63) is 65.7 Å². The van der Waals surface area contributed by atoms with E-state index < -0.39 is 47.3 Å². The molecule has 3 atom stereocenters. The van der Waals surface area contributed by atoms with Gasteiger partial charge in [-0.3, -0.25) is 4.57 Å². The third kappa shape index (κ3) is 7.97. The Labute approximate surface area is 191 Å². The van der Waals surface area contributed by atoms with Crippen molar-refractivity contribution in [1.82, 2.24) is 5.32 Å². The SMILES string of the molecule is COC(=O)[C@@H](CCP(=O)(O)C(O)c1ccc(S(C)(=O)=O)cc1)NC(=O)OCc1ccccc1. The summed E-state index contributed by atoms with van der Waals surface area (Å²) < 4.78 is 45.5. The lowest BCUT2D eigenvalue weighted by molar-refractivity contribution is -0.143. The molecule has 0 aliphatic heterocycles. The van der Waals surface area contributed by atoms with Gasteiger partial charge in [-0.15, -0.1) is 0 Å². The molecule has 2 aromatic carbocycles. The summed E-state index contributed by atoms with van der Waals surface area (Å²) >= 11 is 0. The molecule has 1 amide bonds. The number of aliphatic hydroxyl groups is 1. The molecule has 180 valence electrons. The van der Waals surface area contributed by atoms with Crippen LogP contribution >= 0.6 is 7.37 Å². The van der Waals surface area contributed by atoms with Crippen molar-refractivity contribution in [1.29, 1.82) is 0 Å². The Morgan fingerprint density at radius 2 is 1.70 bits per heavy atom. The van der Waals surface area contributed by atoms with Crippen molar-refractivity contribution in [3.8, 4) is 0 Å². The molecule has 33 heavy (non-hydrogen) atoms. The molecule has 2 unspecified atom stereocenters. The van der Waals surface area contributed by atoms with Crippen molar-refractivity contribution >= 4 is 29.3 Å². The molecule has 0 aliphatic rings. The van der Waals surface area contributed by atoms with Crippen LogP contribution in [0.5, 0.6) is 0 Å². The van der Waals surface area contributed by atoms with Gasteiger partial charge in [0.1, 0.15) is 12.6 Å². The zero-order valence-electron chi connectivity index (χ0n) is 18.1. The van der Waals surface area contributed by atoms with Crippen LogP contribution in [0.3, 0.4) is 0 Å². The first-order valence-corrected chi connectivity index (χ1v) is 13.6. The number of hydrogen-bond acceptors (Lipinski definition) is 8. The molecular weight excluding hydrogens is 473 g/mol. The molecule has 0 saturated heterocycles. The molecule has 0 radical (unpaired) electrons. The van der Waals surface area contributed by atoms with E-state index in [9.17, 15) is 32.6 Å². The number of hydrogen-bond donors (Lipinski definition) is 3. The van der Waals surface area contributed by atoms with E-state index in [4.69, 9.17) is 4.74 Å². The molecule has 0 fully saturated rings. The highest BCUT2D eigenvalue weighted by Gasteiger charge is 2.33. The van der Waals surface area contributed by atoms with Crippen LogP contribution in [0, 0.1) is 0 Å². The van der Waals surface area contributed by atoms with Gasteiger partial charge in [0.2, 0.25) is 7.37 Å². The Bertz CT molecular complexity index is 1100. The number of benzene rings is 2. The third-order valence-corrected chi connectivity index (χ3v) is 7.81. The van der Waals surface area contributed by atoms with E-state index in [2.05, 4.69) is 10.1 Å². The van der Waals surface area contributed by atoms with Crippen LogP contribution < -0.4 is 5.32 Å². The second kappa shape index (κ2) is 11.4. The first-order valence-electron chi connectivity index (χ1n) is 9.78. The van der Waals surface area contributed by atoms with Crippen molar-refractivity contribution in [3.63, 3.8) is 0 Å². The Kier molecular flexibility index (Phi) is 9.18. The highest BCUT2D eigenvalue weighted by molar-refractivity contribution is 7.90. The lowest BCUT2D eigenvalue weighted by atomic mass is 10.2. The number of carbonyl (C=O) groups excluding carboxylic acids is 2. The molecule has 2 rings (SSSR count). The summed E-state index contributed by atoms with van der Waals surface area (Å²) in [7, 11) is -6.63. The van der Waals surface area contributed by atoms with Crippen LogP contribution in [0.1, 0.15) is 23.4 Å². The number of ether oxygens (including phenoxy) is 2. The fourth-order valence-electron chi connectivity index (χ4n) is 2.85. The van der Waals surface area contributed by atoms with E-state index in [0.29, 0.717) is 0 Å². The van der Waals surface area contributed by atoms with Gasteiger partial charge >= 0.3 is 12.1 Å².